The topological polar surface area (TPSA) is 111 Å². The number of hydrogen-bond donors (Lipinski definition) is 2. The molecule has 0 atom stereocenters. The van der Waals surface area contributed by atoms with Crippen molar-refractivity contribution in [1.29, 1.82) is 0 Å². The van der Waals surface area contributed by atoms with Crippen molar-refractivity contribution in [2.45, 2.75) is 17.7 Å². The van der Waals surface area contributed by atoms with Crippen LogP contribution in [0.3, 0.4) is 0 Å². The number of nitrogens with one attached hydrogen (secondary N) is 2. The Kier molecular flexibility index (Phi) is 6.53. The number of rotatable bonds is 9. The zero-order chi connectivity index (χ0) is 15.9. The number of anilines is 1. The van der Waals surface area contributed by atoms with E-state index in [-0.39, 0.29) is 11.4 Å². The van der Waals surface area contributed by atoms with Crippen LogP contribution in [0.15, 0.2) is 23.1 Å². The zero-order valence-corrected chi connectivity index (χ0v) is 12.8. The molecule has 2 N–H and O–H groups in total. The van der Waals surface area contributed by atoms with Gasteiger partial charge in [0, 0.05) is 39.1 Å². The number of nitro benzene ring substituents is 1. The highest BCUT2D eigenvalue weighted by Crippen LogP contribution is 2.26. The SMILES string of the molecule is CNc1ccc(S(=O)(=O)NCCCCOC)c([N+](=O)[O-])c1. The summed E-state index contributed by atoms with van der Waals surface area (Å²) in [6.07, 6.45) is 1.30. The van der Waals surface area contributed by atoms with Gasteiger partial charge in [0.25, 0.3) is 5.69 Å². The van der Waals surface area contributed by atoms with Gasteiger partial charge in [-0.2, -0.15) is 0 Å². The molecule has 0 radical (unpaired) electrons. The van der Waals surface area contributed by atoms with Gasteiger partial charge >= 0.3 is 0 Å². The molecule has 21 heavy (non-hydrogen) atoms. The van der Waals surface area contributed by atoms with Gasteiger partial charge in [0.2, 0.25) is 10.0 Å². The predicted octanol–water partition coefficient (Wildman–Crippen LogP) is 1.34. The fourth-order valence-corrected chi connectivity index (χ4v) is 2.92. The number of benzene rings is 1. The van der Waals surface area contributed by atoms with Crippen LogP contribution in [0.5, 0.6) is 0 Å². The molecule has 0 bridgehead atoms. The van der Waals surface area contributed by atoms with E-state index in [1.165, 1.54) is 18.2 Å². The van der Waals surface area contributed by atoms with Crippen LogP contribution in [0.2, 0.25) is 0 Å². The van der Waals surface area contributed by atoms with Crippen LogP contribution in [-0.4, -0.2) is 40.7 Å². The number of methoxy groups -OCH3 is 1. The summed E-state index contributed by atoms with van der Waals surface area (Å²) in [5.74, 6) is 0. The van der Waals surface area contributed by atoms with Crippen molar-refractivity contribution in [2.75, 3.05) is 32.6 Å². The smallest absolute Gasteiger partial charge is 0.291 e. The Morgan fingerprint density at radius 2 is 2.05 bits per heavy atom. The summed E-state index contributed by atoms with van der Waals surface area (Å²) >= 11 is 0. The monoisotopic (exact) mass is 317 g/mol. The summed E-state index contributed by atoms with van der Waals surface area (Å²) < 4.78 is 31.5. The Balaban J connectivity index is 2.89. The number of nitro groups is 1. The molecule has 0 unspecified atom stereocenters. The van der Waals surface area contributed by atoms with Crippen LogP contribution in [-0.2, 0) is 14.8 Å². The van der Waals surface area contributed by atoms with Gasteiger partial charge in [-0.1, -0.05) is 0 Å². The Labute approximate surface area is 123 Å². The lowest BCUT2D eigenvalue weighted by molar-refractivity contribution is -0.387. The molecule has 1 rings (SSSR count). The van der Waals surface area contributed by atoms with Crippen molar-refractivity contribution in [3.8, 4) is 0 Å². The van der Waals surface area contributed by atoms with Gasteiger partial charge < -0.3 is 10.1 Å². The molecule has 0 aromatic heterocycles. The van der Waals surface area contributed by atoms with Crippen LogP contribution in [0.4, 0.5) is 11.4 Å². The quantitative estimate of drug-likeness (QED) is 0.404. The molecule has 118 valence electrons. The second kappa shape index (κ2) is 7.91. The summed E-state index contributed by atoms with van der Waals surface area (Å²) in [6.45, 7) is 0.745. The summed E-state index contributed by atoms with van der Waals surface area (Å²) in [5.41, 5.74) is 0.0204. The molecule has 0 amide bonds. The molecule has 1 aromatic rings. The predicted molar refractivity (Wildman–Crippen MR) is 78.9 cm³/mol. The van der Waals surface area contributed by atoms with E-state index < -0.39 is 20.6 Å². The lowest BCUT2D eigenvalue weighted by Gasteiger charge is -2.08. The van der Waals surface area contributed by atoms with Gasteiger partial charge in [0.05, 0.1) is 4.92 Å². The van der Waals surface area contributed by atoms with Gasteiger partial charge in [-0.25, -0.2) is 13.1 Å². The van der Waals surface area contributed by atoms with Crippen LogP contribution >= 0.6 is 0 Å². The second-order valence-electron chi connectivity index (χ2n) is 4.29. The van der Waals surface area contributed by atoms with Crippen molar-refractivity contribution in [3.05, 3.63) is 28.3 Å². The largest absolute Gasteiger partial charge is 0.388 e. The Morgan fingerprint density at radius 1 is 1.33 bits per heavy atom. The number of ether oxygens (including phenoxy) is 1. The van der Waals surface area contributed by atoms with Crippen molar-refractivity contribution < 1.29 is 18.1 Å². The van der Waals surface area contributed by atoms with Gasteiger partial charge in [-0.15, -0.1) is 0 Å². The number of nitrogens with zero attached hydrogens (tertiary/aromatic N) is 1. The summed E-state index contributed by atoms with van der Waals surface area (Å²) in [7, 11) is -0.744. The van der Waals surface area contributed by atoms with E-state index in [1.54, 1.807) is 14.2 Å². The Morgan fingerprint density at radius 3 is 2.62 bits per heavy atom. The van der Waals surface area contributed by atoms with E-state index in [4.69, 9.17) is 4.74 Å². The second-order valence-corrected chi connectivity index (χ2v) is 6.02. The van der Waals surface area contributed by atoms with E-state index in [9.17, 15) is 18.5 Å². The lowest BCUT2D eigenvalue weighted by atomic mass is 10.3. The maximum absolute atomic E-state index is 12.1. The standard InChI is InChI=1S/C12H19N3O5S/c1-13-10-5-6-12(11(9-10)15(16)17)21(18,19)14-7-3-4-8-20-2/h5-6,9,13-14H,3-4,7-8H2,1-2H3. The fourth-order valence-electron chi connectivity index (χ4n) is 1.70. The van der Waals surface area contributed by atoms with Gasteiger partial charge in [-0.3, -0.25) is 10.1 Å². The lowest BCUT2D eigenvalue weighted by Crippen LogP contribution is -2.25. The third kappa shape index (κ3) is 4.96. The van der Waals surface area contributed by atoms with E-state index in [0.717, 1.165) is 0 Å². The Hall–Kier alpha value is -1.71. The first kappa shape index (κ1) is 17.3. The summed E-state index contributed by atoms with van der Waals surface area (Å²) in [6, 6.07) is 3.90. The van der Waals surface area contributed by atoms with Crippen molar-refractivity contribution in [3.63, 3.8) is 0 Å². The molecule has 0 aliphatic carbocycles. The average molecular weight is 317 g/mol. The first-order valence-electron chi connectivity index (χ1n) is 6.37. The van der Waals surface area contributed by atoms with Crippen molar-refractivity contribution in [1.82, 2.24) is 4.72 Å². The third-order valence-corrected chi connectivity index (χ3v) is 4.31. The molecule has 0 saturated carbocycles. The van der Waals surface area contributed by atoms with Crippen molar-refractivity contribution in [2.24, 2.45) is 0 Å². The molecule has 0 fully saturated rings. The van der Waals surface area contributed by atoms with Crippen LogP contribution in [0, 0.1) is 10.1 Å². The minimum absolute atomic E-state index is 0.205. The van der Waals surface area contributed by atoms with Crippen LogP contribution < -0.4 is 10.0 Å². The molecule has 9 heteroatoms. The molecule has 0 aliphatic rings. The number of unbranched alkanes of at least 4 members (excludes halogenated alkanes) is 1. The molecule has 8 nitrogen and oxygen atoms in total. The maximum Gasteiger partial charge on any atom is 0.291 e. The Bertz CT molecular complexity index is 589. The molecule has 0 aliphatic heterocycles. The van der Waals surface area contributed by atoms with Crippen LogP contribution in [0.25, 0.3) is 0 Å². The van der Waals surface area contributed by atoms with Crippen molar-refractivity contribution >= 4 is 21.4 Å². The maximum atomic E-state index is 12.1. The summed E-state index contributed by atoms with van der Waals surface area (Å²) in [5, 5.41) is 13.8. The molecule has 0 heterocycles. The number of sulfonamides is 1. The third-order valence-electron chi connectivity index (χ3n) is 2.80. The normalized spacial score (nSPS) is 11.3. The first-order valence-corrected chi connectivity index (χ1v) is 7.85. The van der Waals surface area contributed by atoms with E-state index in [1.807, 2.05) is 0 Å². The minimum atomic E-state index is -3.91. The summed E-state index contributed by atoms with van der Waals surface area (Å²) in [4.78, 5) is 9.98. The minimum Gasteiger partial charge on any atom is -0.388 e. The molecular weight excluding hydrogens is 298 g/mol. The number of hydrogen-bond acceptors (Lipinski definition) is 6. The van der Waals surface area contributed by atoms with Gasteiger partial charge in [0.15, 0.2) is 4.90 Å². The van der Waals surface area contributed by atoms with Crippen LogP contribution in [0.1, 0.15) is 12.8 Å². The highest BCUT2D eigenvalue weighted by Gasteiger charge is 2.25. The van der Waals surface area contributed by atoms with E-state index in [0.29, 0.717) is 25.1 Å². The highest BCUT2D eigenvalue weighted by molar-refractivity contribution is 7.89. The van der Waals surface area contributed by atoms with Gasteiger partial charge in [-0.05, 0) is 25.0 Å². The zero-order valence-electron chi connectivity index (χ0n) is 12.0. The molecule has 0 saturated heterocycles. The molecule has 0 spiro atoms. The highest BCUT2D eigenvalue weighted by atomic mass is 32.2. The van der Waals surface area contributed by atoms with Gasteiger partial charge in [0.1, 0.15) is 0 Å². The van der Waals surface area contributed by atoms with E-state index >= 15 is 0 Å². The average Bonchev–Trinajstić information content (AvgIpc) is 2.46. The fraction of sp³-hybridized carbons (Fsp3) is 0.500. The molecular formula is C12H19N3O5S. The first-order chi connectivity index (χ1) is 9.92. The molecule has 1 aromatic carbocycles. The van der Waals surface area contributed by atoms with E-state index in [2.05, 4.69) is 10.0 Å².